The second kappa shape index (κ2) is 6.56. The highest BCUT2D eigenvalue weighted by atomic mass is 16.6. The zero-order chi connectivity index (χ0) is 16.3. The molecule has 1 aliphatic heterocycles. The molecule has 0 spiro atoms. The summed E-state index contributed by atoms with van der Waals surface area (Å²) in [5.74, 6) is -0.988. The molecule has 9 nitrogen and oxygen atoms in total. The largest absolute Gasteiger partial charge is 0.619 e. The van der Waals surface area contributed by atoms with Crippen LogP contribution in [-0.2, 0) is 23.8 Å². The fraction of sp³-hybridized carbons (Fsp3) is 0.538. The fourth-order valence-corrected chi connectivity index (χ4v) is 2.23. The number of carbonyl (C=O) groups excluding carboxylic acids is 2. The number of esters is 2. The lowest BCUT2D eigenvalue weighted by Crippen LogP contribution is -2.36. The summed E-state index contributed by atoms with van der Waals surface area (Å²) in [6.45, 7) is 2.42. The maximum Gasteiger partial charge on any atom is 0.318 e. The van der Waals surface area contributed by atoms with Crippen LogP contribution in [0.1, 0.15) is 26.5 Å². The molecule has 1 aliphatic rings. The van der Waals surface area contributed by atoms with Crippen molar-refractivity contribution in [3.63, 3.8) is 0 Å². The van der Waals surface area contributed by atoms with Gasteiger partial charge >= 0.3 is 17.5 Å². The summed E-state index contributed by atoms with van der Waals surface area (Å²) < 4.78 is 17.2. The van der Waals surface area contributed by atoms with Gasteiger partial charge in [0.15, 0.2) is 6.20 Å². The molecule has 0 amide bonds. The second-order valence-electron chi connectivity index (χ2n) is 4.85. The van der Waals surface area contributed by atoms with Crippen LogP contribution in [0.25, 0.3) is 0 Å². The molecule has 1 aromatic heterocycles. The first-order chi connectivity index (χ1) is 10.4. The standard InChI is InChI=1S/C13H16N2O7/c1-8(16)20-7-11-10(21-9(2)17)5-13(22-11)15-4-3-14(19)6-12(15)18/h3-4,6,10-11,13H,5,7H2,1-2H3/t10-,11+,13+/m0/s1. The van der Waals surface area contributed by atoms with Crippen LogP contribution in [0.3, 0.4) is 0 Å². The van der Waals surface area contributed by atoms with Gasteiger partial charge in [-0.15, -0.1) is 0 Å². The maximum absolute atomic E-state index is 11.8. The van der Waals surface area contributed by atoms with Crippen LogP contribution in [-0.4, -0.2) is 35.3 Å². The van der Waals surface area contributed by atoms with E-state index in [4.69, 9.17) is 14.2 Å². The van der Waals surface area contributed by atoms with Gasteiger partial charge in [-0.2, -0.15) is 4.73 Å². The molecule has 22 heavy (non-hydrogen) atoms. The third-order valence-electron chi connectivity index (χ3n) is 3.13. The van der Waals surface area contributed by atoms with Crippen LogP contribution in [0.2, 0.25) is 0 Å². The topological polar surface area (TPSA) is 111 Å². The Morgan fingerprint density at radius 3 is 2.77 bits per heavy atom. The summed E-state index contributed by atoms with van der Waals surface area (Å²) in [5.41, 5.74) is -0.544. The lowest BCUT2D eigenvalue weighted by Gasteiger charge is -2.17. The lowest BCUT2D eigenvalue weighted by molar-refractivity contribution is -0.607. The highest BCUT2D eigenvalue weighted by molar-refractivity contribution is 5.66. The van der Waals surface area contributed by atoms with E-state index >= 15 is 0 Å². The minimum absolute atomic E-state index is 0.0904. The van der Waals surface area contributed by atoms with Crippen molar-refractivity contribution in [3.05, 3.63) is 34.2 Å². The minimum atomic E-state index is -0.710. The third kappa shape index (κ3) is 3.82. The molecule has 0 unspecified atom stereocenters. The molecular weight excluding hydrogens is 296 g/mol. The Hall–Kier alpha value is -2.42. The van der Waals surface area contributed by atoms with Gasteiger partial charge in [0, 0.05) is 20.3 Å². The Morgan fingerprint density at radius 1 is 1.45 bits per heavy atom. The van der Waals surface area contributed by atoms with E-state index in [9.17, 15) is 19.6 Å². The van der Waals surface area contributed by atoms with E-state index in [1.807, 2.05) is 0 Å². The summed E-state index contributed by atoms with van der Waals surface area (Å²) in [6, 6.07) is 0. The molecule has 0 aromatic carbocycles. The Labute approximate surface area is 125 Å². The van der Waals surface area contributed by atoms with Crippen LogP contribution < -0.4 is 10.3 Å². The van der Waals surface area contributed by atoms with E-state index in [0.29, 0.717) is 4.73 Å². The van der Waals surface area contributed by atoms with Crippen molar-refractivity contribution in [2.24, 2.45) is 0 Å². The van der Waals surface area contributed by atoms with Crippen LogP contribution in [0.5, 0.6) is 0 Å². The fourth-order valence-electron chi connectivity index (χ4n) is 2.23. The van der Waals surface area contributed by atoms with Gasteiger partial charge in [0.2, 0.25) is 6.20 Å². The number of ether oxygens (including phenoxy) is 3. The average molecular weight is 312 g/mol. The van der Waals surface area contributed by atoms with Crippen molar-refractivity contribution >= 4 is 11.9 Å². The maximum atomic E-state index is 11.8. The van der Waals surface area contributed by atoms with Gasteiger partial charge < -0.3 is 19.4 Å². The van der Waals surface area contributed by atoms with Gasteiger partial charge in [0.1, 0.15) is 25.0 Å². The molecule has 0 aliphatic carbocycles. The van der Waals surface area contributed by atoms with E-state index in [1.54, 1.807) is 0 Å². The SMILES string of the molecule is CC(=O)OC[C@H]1O[C@@H](n2cc[n+]([O-])cc2=O)C[C@@H]1OC(C)=O. The molecule has 0 N–H and O–H groups in total. The Morgan fingerprint density at radius 2 is 2.18 bits per heavy atom. The molecule has 0 radical (unpaired) electrons. The molecule has 2 heterocycles. The highest BCUT2D eigenvalue weighted by Gasteiger charge is 2.39. The third-order valence-corrected chi connectivity index (χ3v) is 3.13. The van der Waals surface area contributed by atoms with Crippen LogP contribution >= 0.6 is 0 Å². The zero-order valence-electron chi connectivity index (χ0n) is 12.1. The summed E-state index contributed by atoms with van der Waals surface area (Å²) in [6.07, 6.45) is 1.50. The first-order valence-corrected chi connectivity index (χ1v) is 6.64. The predicted octanol–water partition coefficient (Wildman–Crippen LogP) is -0.736. The molecule has 0 saturated carbocycles. The van der Waals surface area contributed by atoms with Gasteiger partial charge in [-0.25, -0.2) is 0 Å². The Bertz CT molecular complexity index is 627. The molecule has 2 rings (SSSR count). The van der Waals surface area contributed by atoms with E-state index in [1.165, 1.54) is 24.6 Å². The smallest absolute Gasteiger partial charge is 0.318 e. The monoisotopic (exact) mass is 312 g/mol. The van der Waals surface area contributed by atoms with Gasteiger partial charge in [0.05, 0.1) is 6.20 Å². The molecule has 3 atom stereocenters. The van der Waals surface area contributed by atoms with Gasteiger partial charge in [-0.05, 0) is 0 Å². The minimum Gasteiger partial charge on any atom is -0.619 e. The summed E-state index contributed by atoms with van der Waals surface area (Å²) in [4.78, 5) is 33.8. The predicted molar refractivity (Wildman–Crippen MR) is 70.4 cm³/mol. The normalized spacial score (nSPS) is 24.0. The average Bonchev–Trinajstić information content (AvgIpc) is 2.78. The molecule has 120 valence electrons. The number of aromatic nitrogens is 2. The summed E-state index contributed by atoms with van der Waals surface area (Å²) >= 11 is 0. The van der Waals surface area contributed by atoms with Crippen LogP contribution in [0, 0.1) is 5.21 Å². The molecule has 0 bridgehead atoms. The van der Waals surface area contributed by atoms with Crippen molar-refractivity contribution < 1.29 is 28.5 Å². The second-order valence-corrected chi connectivity index (χ2v) is 4.85. The first-order valence-electron chi connectivity index (χ1n) is 6.64. The number of hydrogen-bond acceptors (Lipinski definition) is 7. The number of rotatable bonds is 4. The van der Waals surface area contributed by atoms with E-state index in [2.05, 4.69) is 0 Å². The van der Waals surface area contributed by atoms with Crippen LogP contribution in [0.4, 0.5) is 0 Å². The van der Waals surface area contributed by atoms with E-state index in [0.717, 1.165) is 12.4 Å². The van der Waals surface area contributed by atoms with E-state index in [-0.39, 0.29) is 13.0 Å². The molecule has 1 fully saturated rings. The van der Waals surface area contributed by atoms with Gasteiger partial charge in [0.25, 0.3) is 0 Å². The van der Waals surface area contributed by atoms with Crippen LogP contribution in [0.15, 0.2) is 23.4 Å². The van der Waals surface area contributed by atoms with Crippen molar-refractivity contribution in [1.29, 1.82) is 0 Å². The van der Waals surface area contributed by atoms with E-state index < -0.39 is 35.9 Å². The van der Waals surface area contributed by atoms with Crippen molar-refractivity contribution in [3.8, 4) is 0 Å². The Balaban J connectivity index is 2.15. The Kier molecular flexibility index (Phi) is 4.76. The summed E-state index contributed by atoms with van der Waals surface area (Å²) in [5, 5.41) is 11.0. The molecule has 9 heteroatoms. The number of carbonyl (C=O) groups is 2. The number of nitrogens with zero attached hydrogens (tertiary/aromatic N) is 2. The van der Waals surface area contributed by atoms with Crippen molar-refractivity contribution in [1.82, 2.24) is 4.57 Å². The lowest BCUT2D eigenvalue weighted by atomic mass is 10.2. The molecule has 1 saturated heterocycles. The number of hydrogen-bond donors (Lipinski definition) is 0. The zero-order valence-corrected chi connectivity index (χ0v) is 12.1. The quantitative estimate of drug-likeness (QED) is 0.409. The van der Waals surface area contributed by atoms with Crippen molar-refractivity contribution in [2.75, 3.05) is 6.61 Å². The highest BCUT2D eigenvalue weighted by Crippen LogP contribution is 2.30. The van der Waals surface area contributed by atoms with Crippen molar-refractivity contribution in [2.45, 2.75) is 38.7 Å². The van der Waals surface area contributed by atoms with Gasteiger partial charge in [-0.3, -0.25) is 19.0 Å². The molecular formula is C13H16N2O7. The first kappa shape index (κ1) is 16.0. The summed E-state index contributed by atoms with van der Waals surface area (Å²) in [7, 11) is 0. The molecule has 1 aromatic rings. The van der Waals surface area contributed by atoms with Gasteiger partial charge in [-0.1, -0.05) is 0 Å².